The van der Waals surface area contributed by atoms with Crippen molar-refractivity contribution in [2.24, 2.45) is 7.05 Å². The molecule has 0 unspecified atom stereocenters. The van der Waals surface area contributed by atoms with Crippen molar-refractivity contribution in [1.82, 2.24) is 14.5 Å². The minimum Gasteiger partial charge on any atom is -0.377 e. The average molecular weight is 305 g/mol. The van der Waals surface area contributed by atoms with Gasteiger partial charge in [-0.2, -0.15) is 5.26 Å². The molecule has 0 bridgehead atoms. The molecule has 0 aliphatic rings. The van der Waals surface area contributed by atoms with Gasteiger partial charge in [0, 0.05) is 12.7 Å². The number of hydrogen-bond acceptors (Lipinski definition) is 4. The van der Waals surface area contributed by atoms with E-state index in [9.17, 15) is 5.26 Å². The second kappa shape index (κ2) is 5.73. The van der Waals surface area contributed by atoms with Gasteiger partial charge in [-0.05, 0) is 44.5 Å². The molecule has 0 saturated carbocycles. The Labute approximate surface area is 135 Å². The van der Waals surface area contributed by atoms with Crippen LogP contribution in [0.3, 0.4) is 0 Å². The monoisotopic (exact) mass is 305 g/mol. The van der Waals surface area contributed by atoms with Gasteiger partial charge in [0.2, 0.25) is 0 Å². The Bertz CT molecular complexity index is 931. The molecule has 0 aliphatic carbocycles. The molecule has 1 aromatic carbocycles. The molecule has 0 atom stereocenters. The molecular weight excluding hydrogens is 286 g/mol. The normalized spacial score (nSPS) is 10.7. The Morgan fingerprint density at radius 2 is 1.96 bits per heavy atom. The highest BCUT2D eigenvalue weighted by molar-refractivity contribution is 5.76. The third kappa shape index (κ3) is 2.76. The number of anilines is 1. The molecule has 3 aromatic rings. The topological polar surface area (TPSA) is 66.5 Å². The summed E-state index contributed by atoms with van der Waals surface area (Å²) in [6.07, 6.45) is 0. The SMILES string of the molecule is Cc1ccc2c(c1)nc(CNc1cc(C)nc(C)c1C#N)n2C. The zero-order valence-corrected chi connectivity index (χ0v) is 13.8. The number of rotatable bonds is 3. The molecular formula is C18H19N5. The fourth-order valence-electron chi connectivity index (χ4n) is 2.80. The molecule has 116 valence electrons. The van der Waals surface area contributed by atoms with E-state index in [1.807, 2.05) is 27.0 Å². The summed E-state index contributed by atoms with van der Waals surface area (Å²) in [5.41, 5.74) is 6.33. The first-order valence-corrected chi connectivity index (χ1v) is 7.53. The van der Waals surface area contributed by atoms with Crippen LogP contribution in [-0.4, -0.2) is 14.5 Å². The van der Waals surface area contributed by atoms with Crippen LogP contribution in [0.5, 0.6) is 0 Å². The van der Waals surface area contributed by atoms with E-state index in [4.69, 9.17) is 4.98 Å². The smallest absolute Gasteiger partial charge is 0.128 e. The second-order valence-corrected chi connectivity index (χ2v) is 5.82. The van der Waals surface area contributed by atoms with E-state index in [1.165, 1.54) is 5.56 Å². The molecule has 0 amide bonds. The van der Waals surface area contributed by atoms with E-state index in [0.717, 1.165) is 33.9 Å². The summed E-state index contributed by atoms with van der Waals surface area (Å²) >= 11 is 0. The van der Waals surface area contributed by atoms with Gasteiger partial charge in [-0.3, -0.25) is 4.98 Å². The number of nitriles is 1. The van der Waals surface area contributed by atoms with Crippen molar-refractivity contribution < 1.29 is 0 Å². The first-order valence-electron chi connectivity index (χ1n) is 7.53. The fraction of sp³-hybridized carbons (Fsp3) is 0.278. The Kier molecular flexibility index (Phi) is 3.75. The molecule has 5 heteroatoms. The summed E-state index contributed by atoms with van der Waals surface area (Å²) in [6, 6.07) is 10.4. The number of benzene rings is 1. The lowest BCUT2D eigenvalue weighted by Crippen LogP contribution is -2.08. The van der Waals surface area contributed by atoms with Crippen LogP contribution in [0.25, 0.3) is 11.0 Å². The van der Waals surface area contributed by atoms with Crippen molar-refractivity contribution in [1.29, 1.82) is 5.26 Å². The summed E-state index contributed by atoms with van der Waals surface area (Å²) in [6.45, 7) is 6.40. The molecule has 5 nitrogen and oxygen atoms in total. The molecule has 2 aromatic heterocycles. The maximum absolute atomic E-state index is 9.34. The van der Waals surface area contributed by atoms with Crippen LogP contribution in [0.2, 0.25) is 0 Å². The fourth-order valence-corrected chi connectivity index (χ4v) is 2.80. The zero-order chi connectivity index (χ0) is 16.6. The molecule has 0 spiro atoms. The number of aryl methyl sites for hydroxylation is 4. The summed E-state index contributed by atoms with van der Waals surface area (Å²) in [5.74, 6) is 0.932. The van der Waals surface area contributed by atoms with Crippen molar-refractivity contribution in [2.45, 2.75) is 27.3 Å². The first-order chi connectivity index (χ1) is 11.0. The summed E-state index contributed by atoms with van der Waals surface area (Å²) < 4.78 is 2.08. The highest BCUT2D eigenvalue weighted by Gasteiger charge is 2.11. The predicted octanol–water partition coefficient (Wildman–Crippen LogP) is 3.38. The van der Waals surface area contributed by atoms with Gasteiger partial charge in [-0.15, -0.1) is 0 Å². The van der Waals surface area contributed by atoms with E-state index in [2.05, 4.69) is 46.1 Å². The maximum atomic E-state index is 9.34. The van der Waals surface area contributed by atoms with Gasteiger partial charge in [0.1, 0.15) is 11.9 Å². The third-order valence-electron chi connectivity index (χ3n) is 4.01. The van der Waals surface area contributed by atoms with Crippen LogP contribution < -0.4 is 5.32 Å². The van der Waals surface area contributed by atoms with E-state index in [1.54, 1.807) is 0 Å². The van der Waals surface area contributed by atoms with Gasteiger partial charge < -0.3 is 9.88 Å². The van der Waals surface area contributed by atoms with E-state index < -0.39 is 0 Å². The number of hydrogen-bond donors (Lipinski definition) is 1. The average Bonchev–Trinajstić information content (AvgIpc) is 2.80. The Hall–Kier alpha value is -2.87. The lowest BCUT2D eigenvalue weighted by Gasteiger charge is -2.10. The van der Waals surface area contributed by atoms with Crippen molar-refractivity contribution in [2.75, 3.05) is 5.32 Å². The number of imidazole rings is 1. The van der Waals surface area contributed by atoms with Crippen LogP contribution in [0.15, 0.2) is 24.3 Å². The first kappa shape index (κ1) is 15.0. The van der Waals surface area contributed by atoms with Gasteiger partial charge >= 0.3 is 0 Å². The Morgan fingerprint density at radius 3 is 2.70 bits per heavy atom. The van der Waals surface area contributed by atoms with Crippen LogP contribution in [0.4, 0.5) is 5.69 Å². The van der Waals surface area contributed by atoms with Crippen LogP contribution in [0.1, 0.15) is 28.3 Å². The lowest BCUT2D eigenvalue weighted by atomic mass is 10.1. The number of aromatic nitrogens is 3. The summed E-state index contributed by atoms with van der Waals surface area (Å²) in [7, 11) is 2.01. The van der Waals surface area contributed by atoms with E-state index in [-0.39, 0.29) is 0 Å². The molecule has 0 radical (unpaired) electrons. The largest absolute Gasteiger partial charge is 0.377 e. The zero-order valence-electron chi connectivity index (χ0n) is 13.8. The second-order valence-electron chi connectivity index (χ2n) is 5.82. The van der Waals surface area contributed by atoms with Gasteiger partial charge in [0.05, 0.1) is 34.5 Å². The van der Waals surface area contributed by atoms with Gasteiger partial charge in [0.25, 0.3) is 0 Å². The quantitative estimate of drug-likeness (QED) is 0.805. The lowest BCUT2D eigenvalue weighted by molar-refractivity contribution is 0.834. The number of nitrogens with zero attached hydrogens (tertiary/aromatic N) is 4. The van der Waals surface area contributed by atoms with Gasteiger partial charge in [-0.25, -0.2) is 4.98 Å². The van der Waals surface area contributed by atoms with Crippen molar-refractivity contribution in [3.8, 4) is 6.07 Å². The Balaban J connectivity index is 1.93. The third-order valence-corrected chi connectivity index (χ3v) is 4.01. The molecule has 0 saturated heterocycles. The number of pyridine rings is 1. The van der Waals surface area contributed by atoms with E-state index >= 15 is 0 Å². The maximum Gasteiger partial charge on any atom is 0.128 e. The van der Waals surface area contributed by atoms with Gasteiger partial charge in [-0.1, -0.05) is 6.07 Å². The highest BCUT2D eigenvalue weighted by Crippen LogP contribution is 2.21. The molecule has 23 heavy (non-hydrogen) atoms. The Morgan fingerprint density at radius 1 is 1.17 bits per heavy atom. The molecule has 2 heterocycles. The van der Waals surface area contributed by atoms with Crippen LogP contribution in [0, 0.1) is 32.1 Å². The van der Waals surface area contributed by atoms with Gasteiger partial charge in [0.15, 0.2) is 0 Å². The highest BCUT2D eigenvalue weighted by atomic mass is 15.1. The standard InChI is InChI=1S/C18H19N5/c1-11-5-6-17-16(7-11)22-18(23(17)4)10-20-15-8-12(2)21-13(3)14(15)9-19/h5-8H,10H2,1-4H3,(H,20,21). The molecule has 0 fully saturated rings. The minimum atomic E-state index is 0.557. The molecule has 0 aliphatic heterocycles. The minimum absolute atomic E-state index is 0.557. The van der Waals surface area contributed by atoms with E-state index in [0.29, 0.717) is 12.1 Å². The number of nitrogens with one attached hydrogen (secondary N) is 1. The van der Waals surface area contributed by atoms with Crippen LogP contribution in [-0.2, 0) is 13.6 Å². The summed E-state index contributed by atoms with van der Waals surface area (Å²) in [5, 5.41) is 12.7. The molecule has 3 rings (SSSR count). The van der Waals surface area contributed by atoms with Crippen molar-refractivity contribution in [3.05, 3.63) is 52.6 Å². The predicted molar refractivity (Wildman–Crippen MR) is 91.2 cm³/mol. The number of fused-ring (bicyclic) bond motifs is 1. The van der Waals surface area contributed by atoms with Crippen molar-refractivity contribution in [3.63, 3.8) is 0 Å². The van der Waals surface area contributed by atoms with Crippen LogP contribution >= 0.6 is 0 Å². The molecule has 1 N–H and O–H groups in total. The summed E-state index contributed by atoms with van der Waals surface area (Å²) in [4.78, 5) is 9.03. The van der Waals surface area contributed by atoms with Crippen molar-refractivity contribution >= 4 is 16.7 Å².